The maximum absolute atomic E-state index is 5.79. The molecule has 0 radical (unpaired) electrons. The Balaban J connectivity index is 1.87. The van der Waals surface area contributed by atoms with Gasteiger partial charge in [0.05, 0.1) is 11.9 Å². The molecule has 0 aliphatic rings. The van der Waals surface area contributed by atoms with Crippen LogP contribution in [0.1, 0.15) is 17.0 Å². The third kappa shape index (κ3) is 3.86. The van der Waals surface area contributed by atoms with Gasteiger partial charge in [-0.3, -0.25) is 4.98 Å². The second kappa shape index (κ2) is 6.17. The van der Waals surface area contributed by atoms with Crippen LogP contribution in [0.3, 0.4) is 0 Å². The highest BCUT2D eigenvalue weighted by molar-refractivity contribution is 6.30. The first-order valence-corrected chi connectivity index (χ1v) is 5.95. The van der Waals surface area contributed by atoms with Crippen LogP contribution in [0.25, 0.3) is 0 Å². The number of aromatic nitrogens is 1. The van der Waals surface area contributed by atoms with Crippen molar-refractivity contribution in [2.75, 3.05) is 0 Å². The monoisotopic (exact) mass is 260 g/mol. The zero-order valence-electron chi connectivity index (χ0n) is 10.0. The summed E-state index contributed by atoms with van der Waals surface area (Å²) >= 11 is 5.79. The highest BCUT2D eigenvalue weighted by Gasteiger charge is 1.93. The lowest BCUT2D eigenvalue weighted by molar-refractivity contribution is 0.132. The number of rotatable bonds is 4. The normalized spacial score (nSPS) is 10.8. The minimum Gasteiger partial charge on any atom is -0.391 e. The molecule has 0 aliphatic carbocycles. The van der Waals surface area contributed by atoms with Gasteiger partial charge in [-0.15, -0.1) is 0 Å². The van der Waals surface area contributed by atoms with Gasteiger partial charge in [0.1, 0.15) is 6.61 Å². The molecule has 0 spiro atoms. The van der Waals surface area contributed by atoms with Gasteiger partial charge >= 0.3 is 0 Å². The molecule has 0 N–H and O–H groups in total. The predicted molar refractivity (Wildman–Crippen MR) is 72.8 cm³/mol. The van der Waals surface area contributed by atoms with Gasteiger partial charge in [-0.2, -0.15) is 0 Å². The fourth-order valence-corrected chi connectivity index (χ4v) is 1.55. The van der Waals surface area contributed by atoms with Crippen LogP contribution in [0, 0.1) is 6.92 Å². The number of halogens is 1. The van der Waals surface area contributed by atoms with E-state index in [0.717, 1.165) is 17.0 Å². The Labute approximate surface area is 111 Å². The summed E-state index contributed by atoms with van der Waals surface area (Å²) in [7, 11) is 0. The lowest BCUT2D eigenvalue weighted by Crippen LogP contribution is -1.91. The van der Waals surface area contributed by atoms with Gasteiger partial charge in [0.2, 0.25) is 0 Å². The van der Waals surface area contributed by atoms with E-state index in [2.05, 4.69) is 10.1 Å². The molecule has 3 nitrogen and oxygen atoms in total. The zero-order chi connectivity index (χ0) is 12.8. The Morgan fingerprint density at radius 1 is 1.22 bits per heavy atom. The first-order chi connectivity index (χ1) is 8.74. The minimum atomic E-state index is 0.416. The summed E-state index contributed by atoms with van der Waals surface area (Å²) in [4.78, 5) is 9.47. The third-order valence-electron chi connectivity index (χ3n) is 2.31. The van der Waals surface area contributed by atoms with E-state index in [1.54, 1.807) is 6.21 Å². The number of oxime groups is 1. The molecule has 18 heavy (non-hydrogen) atoms. The number of aryl methyl sites for hydroxylation is 1. The van der Waals surface area contributed by atoms with Gasteiger partial charge in [0.25, 0.3) is 0 Å². The van der Waals surface area contributed by atoms with Crippen molar-refractivity contribution in [2.45, 2.75) is 13.5 Å². The number of benzene rings is 1. The summed E-state index contributed by atoms with van der Waals surface area (Å²) in [6.07, 6.45) is 1.60. The van der Waals surface area contributed by atoms with Crippen LogP contribution in [0.2, 0.25) is 5.02 Å². The van der Waals surface area contributed by atoms with Crippen LogP contribution in [-0.2, 0) is 11.4 Å². The first kappa shape index (κ1) is 12.6. The van der Waals surface area contributed by atoms with Gasteiger partial charge in [0.15, 0.2) is 0 Å². The number of nitrogens with zero attached hydrogens (tertiary/aromatic N) is 2. The molecule has 0 saturated carbocycles. The van der Waals surface area contributed by atoms with Crippen molar-refractivity contribution < 1.29 is 4.84 Å². The van der Waals surface area contributed by atoms with Crippen LogP contribution >= 0.6 is 11.6 Å². The molecule has 0 unspecified atom stereocenters. The lowest BCUT2D eigenvalue weighted by Gasteiger charge is -1.99. The maximum Gasteiger partial charge on any atom is 0.142 e. The molecule has 92 valence electrons. The summed E-state index contributed by atoms with van der Waals surface area (Å²) in [5, 5.41) is 4.59. The largest absolute Gasteiger partial charge is 0.391 e. The van der Waals surface area contributed by atoms with Crippen molar-refractivity contribution in [3.05, 3.63) is 64.4 Å². The van der Waals surface area contributed by atoms with Crippen molar-refractivity contribution in [1.82, 2.24) is 4.98 Å². The molecule has 4 heteroatoms. The average molecular weight is 261 g/mol. The van der Waals surface area contributed by atoms with Gasteiger partial charge in [-0.1, -0.05) is 35.0 Å². The first-order valence-electron chi connectivity index (χ1n) is 5.57. The Hall–Kier alpha value is -1.87. The van der Waals surface area contributed by atoms with Gasteiger partial charge in [-0.05, 0) is 36.8 Å². The molecule has 0 amide bonds. The molecular weight excluding hydrogens is 248 g/mol. The van der Waals surface area contributed by atoms with Crippen LogP contribution in [0.15, 0.2) is 47.6 Å². The van der Waals surface area contributed by atoms with E-state index in [9.17, 15) is 0 Å². The Morgan fingerprint density at radius 3 is 2.72 bits per heavy atom. The lowest BCUT2D eigenvalue weighted by atomic mass is 10.2. The van der Waals surface area contributed by atoms with E-state index in [-0.39, 0.29) is 0 Å². The molecular formula is C14H13ClN2O. The smallest absolute Gasteiger partial charge is 0.142 e. The molecule has 1 aromatic heterocycles. The fourth-order valence-electron chi connectivity index (χ4n) is 1.42. The molecule has 0 saturated heterocycles. The van der Waals surface area contributed by atoms with Crippen molar-refractivity contribution in [2.24, 2.45) is 5.16 Å². The summed E-state index contributed by atoms with van der Waals surface area (Å²) in [6.45, 7) is 2.35. The summed E-state index contributed by atoms with van der Waals surface area (Å²) < 4.78 is 0. The van der Waals surface area contributed by atoms with Crippen LogP contribution in [0.5, 0.6) is 0 Å². The van der Waals surface area contributed by atoms with E-state index >= 15 is 0 Å². The van der Waals surface area contributed by atoms with Crippen molar-refractivity contribution >= 4 is 17.8 Å². The summed E-state index contributed by atoms with van der Waals surface area (Å²) in [5.74, 6) is 0. The van der Waals surface area contributed by atoms with E-state index in [1.165, 1.54) is 0 Å². The van der Waals surface area contributed by atoms with E-state index in [0.29, 0.717) is 11.6 Å². The fraction of sp³-hybridized carbons (Fsp3) is 0.143. The van der Waals surface area contributed by atoms with Gasteiger partial charge < -0.3 is 4.84 Å². The Morgan fingerprint density at radius 2 is 2.00 bits per heavy atom. The van der Waals surface area contributed by atoms with Crippen molar-refractivity contribution in [3.8, 4) is 0 Å². The summed E-state index contributed by atoms with van der Waals surface area (Å²) in [5.41, 5.74) is 2.76. The minimum absolute atomic E-state index is 0.416. The molecule has 0 fully saturated rings. The number of pyridine rings is 1. The SMILES string of the molecule is Cc1cccc(/C=N/OCc2ccc(Cl)cc2)n1. The second-order valence-corrected chi connectivity index (χ2v) is 4.27. The zero-order valence-corrected chi connectivity index (χ0v) is 10.8. The topological polar surface area (TPSA) is 34.5 Å². The van der Waals surface area contributed by atoms with E-state index in [4.69, 9.17) is 16.4 Å². The highest BCUT2D eigenvalue weighted by atomic mass is 35.5. The van der Waals surface area contributed by atoms with Crippen LogP contribution in [0.4, 0.5) is 0 Å². The predicted octanol–water partition coefficient (Wildman–Crippen LogP) is 3.59. The van der Waals surface area contributed by atoms with E-state index in [1.807, 2.05) is 49.4 Å². The molecule has 0 atom stereocenters. The van der Waals surface area contributed by atoms with Crippen LogP contribution in [-0.4, -0.2) is 11.2 Å². The second-order valence-electron chi connectivity index (χ2n) is 3.84. The molecule has 2 aromatic rings. The molecule has 0 bridgehead atoms. The molecule has 2 rings (SSSR count). The molecule has 0 aliphatic heterocycles. The highest BCUT2D eigenvalue weighted by Crippen LogP contribution is 2.10. The van der Waals surface area contributed by atoms with Crippen LogP contribution < -0.4 is 0 Å². The quantitative estimate of drug-likeness (QED) is 0.622. The summed E-state index contributed by atoms with van der Waals surface area (Å²) in [6, 6.07) is 13.2. The standard InChI is InChI=1S/C14H13ClN2O/c1-11-3-2-4-14(17-11)9-16-18-10-12-5-7-13(15)8-6-12/h2-9H,10H2,1H3/b16-9+. The van der Waals surface area contributed by atoms with Crippen molar-refractivity contribution in [3.63, 3.8) is 0 Å². The van der Waals surface area contributed by atoms with Gasteiger partial charge in [-0.25, -0.2) is 0 Å². The Bertz CT molecular complexity index is 538. The van der Waals surface area contributed by atoms with Crippen molar-refractivity contribution in [1.29, 1.82) is 0 Å². The third-order valence-corrected chi connectivity index (χ3v) is 2.57. The molecule has 1 heterocycles. The Kier molecular flexibility index (Phi) is 4.31. The average Bonchev–Trinajstić information content (AvgIpc) is 2.37. The maximum atomic E-state index is 5.79. The number of hydrogen-bond donors (Lipinski definition) is 0. The number of hydrogen-bond acceptors (Lipinski definition) is 3. The van der Waals surface area contributed by atoms with Gasteiger partial charge in [0, 0.05) is 10.7 Å². The van der Waals surface area contributed by atoms with E-state index < -0.39 is 0 Å². The molecule has 1 aromatic carbocycles.